The lowest BCUT2D eigenvalue weighted by molar-refractivity contribution is 0.201. The molecule has 1 saturated carbocycles. The number of carbonyl (C=O) groups excluding carboxylic acids is 1. The van der Waals surface area contributed by atoms with Gasteiger partial charge < -0.3 is 15.0 Å². The molecular formula is C22H22FN5O4. The van der Waals surface area contributed by atoms with Crippen molar-refractivity contribution in [3.8, 4) is 17.6 Å². The third-order valence-corrected chi connectivity index (χ3v) is 5.04. The fraction of sp³-hybridized carbons (Fsp3) is 0.364. The topological polar surface area (TPSA) is 111 Å². The molecule has 9 nitrogen and oxygen atoms in total. The van der Waals surface area contributed by atoms with E-state index in [-0.39, 0.29) is 41.0 Å². The average Bonchev–Trinajstić information content (AvgIpc) is 3.49. The lowest BCUT2D eigenvalue weighted by Gasteiger charge is -2.09. The Labute approximate surface area is 182 Å². The van der Waals surface area contributed by atoms with Crippen LogP contribution in [0.1, 0.15) is 43.6 Å². The summed E-state index contributed by atoms with van der Waals surface area (Å²) in [5.41, 5.74) is 0.272. The minimum atomic E-state index is -0.734. The van der Waals surface area contributed by atoms with Crippen LogP contribution in [-0.4, -0.2) is 31.7 Å². The van der Waals surface area contributed by atoms with Gasteiger partial charge in [0, 0.05) is 12.6 Å². The first-order valence-electron chi connectivity index (χ1n) is 10.3. The van der Waals surface area contributed by atoms with Crippen molar-refractivity contribution in [2.45, 2.75) is 45.7 Å². The van der Waals surface area contributed by atoms with Crippen LogP contribution in [0.4, 0.5) is 9.18 Å². The van der Waals surface area contributed by atoms with Crippen molar-refractivity contribution >= 4 is 17.3 Å². The minimum absolute atomic E-state index is 0.0375. The van der Waals surface area contributed by atoms with Crippen LogP contribution in [0.2, 0.25) is 0 Å². The Morgan fingerprint density at radius 3 is 2.84 bits per heavy atom. The molecule has 32 heavy (non-hydrogen) atoms. The van der Waals surface area contributed by atoms with Crippen LogP contribution >= 0.6 is 0 Å². The smallest absolute Gasteiger partial charge is 0.410 e. The van der Waals surface area contributed by atoms with Crippen LogP contribution in [0.25, 0.3) is 11.2 Å². The number of nitrogens with zero attached hydrogens (tertiary/aromatic N) is 3. The Bertz CT molecular complexity index is 1370. The van der Waals surface area contributed by atoms with Crippen molar-refractivity contribution < 1.29 is 13.9 Å². The molecule has 1 fully saturated rings. The fourth-order valence-corrected chi connectivity index (χ4v) is 3.38. The molecular weight excluding hydrogens is 417 g/mol. The molecule has 1 amide bonds. The van der Waals surface area contributed by atoms with Gasteiger partial charge in [-0.3, -0.25) is 13.9 Å². The van der Waals surface area contributed by atoms with Gasteiger partial charge in [-0.05, 0) is 55.9 Å². The third kappa shape index (κ3) is 4.27. The number of carbonyl (C=O) groups is 1. The molecule has 0 spiro atoms. The van der Waals surface area contributed by atoms with Crippen molar-refractivity contribution in [2.24, 2.45) is 0 Å². The first kappa shape index (κ1) is 21.4. The summed E-state index contributed by atoms with van der Waals surface area (Å²) in [6.07, 6.45) is 1.60. The maximum absolute atomic E-state index is 13.1. The van der Waals surface area contributed by atoms with Gasteiger partial charge in [-0.25, -0.2) is 19.0 Å². The molecule has 166 valence electrons. The number of nitrogens with one attached hydrogen (secondary N) is 2. The highest BCUT2D eigenvalue weighted by atomic mass is 19.1. The van der Waals surface area contributed by atoms with Crippen molar-refractivity contribution in [1.82, 2.24) is 24.4 Å². The number of amides is 1. The van der Waals surface area contributed by atoms with E-state index in [0.717, 1.165) is 12.8 Å². The number of aromatic nitrogens is 4. The summed E-state index contributed by atoms with van der Waals surface area (Å²) in [7, 11) is 0. The maximum Gasteiger partial charge on any atom is 0.413 e. The number of aryl methyl sites for hydroxylation is 2. The van der Waals surface area contributed by atoms with Gasteiger partial charge in [0.25, 0.3) is 5.56 Å². The van der Waals surface area contributed by atoms with E-state index in [0.29, 0.717) is 18.5 Å². The van der Waals surface area contributed by atoms with Crippen molar-refractivity contribution in [3.63, 3.8) is 0 Å². The summed E-state index contributed by atoms with van der Waals surface area (Å²) >= 11 is 0. The van der Waals surface area contributed by atoms with Crippen LogP contribution in [-0.2, 0) is 6.54 Å². The van der Waals surface area contributed by atoms with Gasteiger partial charge in [-0.15, -0.1) is 0 Å². The van der Waals surface area contributed by atoms with Gasteiger partial charge in [0.1, 0.15) is 11.6 Å². The molecule has 10 heteroatoms. The number of hydrogen-bond donors (Lipinski definition) is 2. The van der Waals surface area contributed by atoms with Crippen molar-refractivity contribution in [3.05, 3.63) is 56.2 Å². The number of benzene rings is 1. The Morgan fingerprint density at radius 2 is 2.16 bits per heavy atom. The number of H-pyrrole nitrogens is 1. The van der Waals surface area contributed by atoms with E-state index in [2.05, 4.69) is 27.1 Å². The summed E-state index contributed by atoms with van der Waals surface area (Å²) in [5.74, 6) is 5.53. The summed E-state index contributed by atoms with van der Waals surface area (Å²) in [6, 6.07) is 3.78. The molecule has 2 aromatic heterocycles. The van der Waals surface area contributed by atoms with Crippen LogP contribution in [0, 0.1) is 24.6 Å². The normalized spacial score (nSPS) is 13.0. The van der Waals surface area contributed by atoms with E-state index in [1.165, 1.54) is 27.3 Å². The lowest BCUT2D eigenvalue weighted by Crippen LogP contribution is -2.39. The van der Waals surface area contributed by atoms with Gasteiger partial charge in [0.2, 0.25) is 0 Å². The number of halogens is 1. The summed E-state index contributed by atoms with van der Waals surface area (Å²) < 4.78 is 21.0. The number of imidazole rings is 1. The molecule has 0 aliphatic heterocycles. The minimum Gasteiger partial charge on any atom is -0.410 e. The lowest BCUT2D eigenvalue weighted by atomic mass is 10.2. The molecule has 2 N–H and O–H groups in total. The van der Waals surface area contributed by atoms with Crippen LogP contribution in [0.5, 0.6) is 5.75 Å². The van der Waals surface area contributed by atoms with E-state index in [1.807, 2.05) is 6.92 Å². The van der Waals surface area contributed by atoms with Crippen LogP contribution < -0.4 is 21.3 Å². The highest BCUT2D eigenvalue weighted by Gasteiger charge is 2.29. The predicted octanol–water partition coefficient (Wildman–Crippen LogP) is 2.22. The van der Waals surface area contributed by atoms with Crippen molar-refractivity contribution in [1.29, 1.82) is 0 Å². The van der Waals surface area contributed by atoms with Gasteiger partial charge >= 0.3 is 11.8 Å². The summed E-state index contributed by atoms with van der Waals surface area (Å²) in [4.78, 5) is 44.7. The molecule has 1 aromatic carbocycles. The maximum atomic E-state index is 13.1. The zero-order valence-electron chi connectivity index (χ0n) is 17.7. The summed E-state index contributed by atoms with van der Waals surface area (Å²) in [5, 5.41) is 2.47. The van der Waals surface area contributed by atoms with Gasteiger partial charge in [0.15, 0.2) is 17.0 Å². The zero-order chi connectivity index (χ0) is 22.8. The van der Waals surface area contributed by atoms with E-state index in [9.17, 15) is 18.8 Å². The molecule has 0 atom stereocenters. The second kappa shape index (κ2) is 8.70. The number of fused-ring (bicyclic) bond motifs is 1. The Hall–Kier alpha value is -3.87. The summed E-state index contributed by atoms with van der Waals surface area (Å²) in [6.45, 7) is 3.97. The van der Waals surface area contributed by atoms with E-state index in [4.69, 9.17) is 4.74 Å². The Kier molecular flexibility index (Phi) is 5.81. The van der Waals surface area contributed by atoms with Gasteiger partial charge in [-0.2, -0.15) is 0 Å². The second-order valence-electron chi connectivity index (χ2n) is 7.58. The molecule has 1 aliphatic carbocycles. The quantitative estimate of drug-likeness (QED) is 0.593. The van der Waals surface area contributed by atoms with Gasteiger partial charge in [0.05, 0.1) is 6.54 Å². The highest BCUT2D eigenvalue weighted by molar-refractivity contribution is 5.72. The fourth-order valence-electron chi connectivity index (χ4n) is 3.38. The molecule has 2 heterocycles. The first-order chi connectivity index (χ1) is 15.4. The van der Waals surface area contributed by atoms with E-state index >= 15 is 0 Å². The Morgan fingerprint density at radius 1 is 1.38 bits per heavy atom. The number of aromatic amines is 1. The largest absolute Gasteiger partial charge is 0.413 e. The van der Waals surface area contributed by atoms with Crippen LogP contribution in [0.15, 0.2) is 27.8 Å². The Balaban J connectivity index is 1.50. The molecule has 0 bridgehead atoms. The SMILES string of the molecule is CCCn1c(=O)n(C2CC2)c(=O)c2[nH]c(C#CCNC(=O)Oc3ccc(F)cc3C)nc21. The number of rotatable bonds is 5. The number of hydrogen-bond acceptors (Lipinski definition) is 5. The van der Waals surface area contributed by atoms with E-state index < -0.39 is 17.5 Å². The molecule has 3 aromatic rings. The molecule has 0 saturated heterocycles. The number of ether oxygens (including phenoxy) is 1. The first-order valence-corrected chi connectivity index (χ1v) is 10.3. The van der Waals surface area contributed by atoms with E-state index in [1.54, 1.807) is 6.92 Å². The highest BCUT2D eigenvalue weighted by Crippen LogP contribution is 2.32. The third-order valence-electron chi connectivity index (χ3n) is 5.04. The standard InChI is InChI=1S/C22H22FN5O4/c1-3-11-27-19-18(20(29)28(22(27)31)15-7-8-15)25-17(26-19)5-4-10-24-21(30)32-16-9-6-14(23)12-13(16)2/h6,9,12,15H,3,7-8,10-11H2,1-2H3,(H,24,30)(H,25,26). The molecule has 0 unspecified atom stereocenters. The molecule has 0 radical (unpaired) electrons. The molecule has 1 aliphatic rings. The predicted molar refractivity (Wildman–Crippen MR) is 115 cm³/mol. The zero-order valence-corrected chi connectivity index (χ0v) is 17.7. The van der Waals surface area contributed by atoms with Crippen LogP contribution in [0.3, 0.4) is 0 Å². The monoisotopic (exact) mass is 439 g/mol. The van der Waals surface area contributed by atoms with Gasteiger partial charge in [-0.1, -0.05) is 12.8 Å². The van der Waals surface area contributed by atoms with Crippen molar-refractivity contribution in [2.75, 3.05) is 6.54 Å². The molecule has 4 rings (SSSR count). The average molecular weight is 439 g/mol. The second-order valence-corrected chi connectivity index (χ2v) is 7.58.